The van der Waals surface area contributed by atoms with Crippen LogP contribution >= 0.6 is 11.3 Å². The molecule has 3 aromatic heterocycles. The summed E-state index contributed by atoms with van der Waals surface area (Å²) in [4.78, 5) is 8.68. The van der Waals surface area contributed by atoms with Gasteiger partial charge < -0.3 is 16.0 Å². The van der Waals surface area contributed by atoms with Crippen LogP contribution in [0.4, 0.5) is 4.39 Å². The van der Waals surface area contributed by atoms with E-state index in [9.17, 15) is 4.39 Å². The van der Waals surface area contributed by atoms with E-state index in [1.54, 1.807) is 12.1 Å². The number of aromatic nitrogens is 2. The quantitative estimate of drug-likeness (QED) is 0.150. The normalized spacial score (nSPS) is 15.2. The zero-order chi connectivity index (χ0) is 26.6. The molecule has 0 saturated carbocycles. The molecule has 0 spiro atoms. The second kappa shape index (κ2) is 11.3. The van der Waals surface area contributed by atoms with Crippen molar-refractivity contribution in [1.82, 2.24) is 15.3 Å². The Morgan fingerprint density at radius 2 is 2.03 bits per heavy atom. The summed E-state index contributed by atoms with van der Waals surface area (Å²) >= 11 is 1.11. The monoisotopic (exact) mass is 525 g/mol. The van der Waals surface area contributed by atoms with Gasteiger partial charge in [0, 0.05) is 45.0 Å². The van der Waals surface area contributed by atoms with Gasteiger partial charge in [0.25, 0.3) is 0 Å². The number of hydrogen-bond acceptors (Lipinski definition) is 5. The summed E-state index contributed by atoms with van der Waals surface area (Å²) in [6.07, 6.45) is 10.8. The minimum atomic E-state index is -0.223. The van der Waals surface area contributed by atoms with Crippen LogP contribution in [-0.2, 0) is 6.42 Å². The highest BCUT2D eigenvalue weighted by atomic mass is 32.1. The van der Waals surface area contributed by atoms with Crippen LogP contribution in [0.3, 0.4) is 0 Å². The molecule has 5 N–H and O–H groups in total. The number of allylic oxidation sites excluding steroid dienone is 4. The number of piperidine rings is 1. The summed E-state index contributed by atoms with van der Waals surface area (Å²) < 4.78 is 13.7. The number of aromatic amines is 1. The number of fused-ring (bicyclic) bond motifs is 1. The maximum absolute atomic E-state index is 13.7. The lowest BCUT2D eigenvalue weighted by atomic mass is 9.90. The topological polar surface area (TPSA) is 90.6 Å². The molecular weight excluding hydrogens is 493 g/mol. The molecule has 194 valence electrons. The molecule has 7 heteroatoms. The first kappa shape index (κ1) is 25.8. The van der Waals surface area contributed by atoms with E-state index in [1.807, 2.05) is 49.7 Å². The van der Waals surface area contributed by atoms with E-state index in [0.29, 0.717) is 22.9 Å². The maximum Gasteiger partial charge on any atom is 0.176 e. The molecule has 5 rings (SSSR count). The number of thiophene rings is 1. The fourth-order valence-corrected chi connectivity index (χ4v) is 5.79. The minimum absolute atomic E-state index is 0.223. The van der Waals surface area contributed by atoms with Crippen LogP contribution in [0, 0.1) is 16.5 Å². The van der Waals surface area contributed by atoms with Crippen molar-refractivity contribution >= 4 is 33.5 Å². The number of nitrogens with one attached hydrogen (secondary N) is 3. The van der Waals surface area contributed by atoms with Crippen molar-refractivity contribution in [2.45, 2.75) is 26.2 Å². The number of nitrogens with zero attached hydrogens (tertiary/aromatic N) is 1. The third-order valence-corrected chi connectivity index (χ3v) is 8.04. The van der Waals surface area contributed by atoms with E-state index in [-0.39, 0.29) is 10.8 Å². The third-order valence-electron chi connectivity index (χ3n) is 7.13. The highest BCUT2D eigenvalue weighted by Crippen LogP contribution is 2.34. The molecular formula is C31H32FN5S. The molecule has 1 aliphatic rings. The number of pyridine rings is 1. The zero-order valence-electron chi connectivity index (χ0n) is 21.5. The molecule has 0 atom stereocenters. The number of rotatable bonds is 8. The van der Waals surface area contributed by atoms with E-state index in [0.717, 1.165) is 63.3 Å². The zero-order valence-corrected chi connectivity index (χ0v) is 22.3. The van der Waals surface area contributed by atoms with Gasteiger partial charge in [0.05, 0.1) is 11.4 Å². The molecule has 0 amide bonds. The van der Waals surface area contributed by atoms with Gasteiger partial charge >= 0.3 is 0 Å². The molecule has 0 radical (unpaired) electrons. The Hall–Kier alpha value is -3.81. The summed E-state index contributed by atoms with van der Waals surface area (Å²) in [5, 5.41) is 13.2. The van der Waals surface area contributed by atoms with E-state index in [1.165, 1.54) is 24.5 Å². The van der Waals surface area contributed by atoms with Gasteiger partial charge in [0.15, 0.2) is 5.13 Å². The number of halogens is 1. The first-order valence-corrected chi connectivity index (χ1v) is 13.7. The molecule has 0 bridgehead atoms. The van der Waals surface area contributed by atoms with Crippen LogP contribution < -0.4 is 11.1 Å². The van der Waals surface area contributed by atoms with Crippen molar-refractivity contribution in [3.05, 3.63) is 107 Å². The SMILES string of the molecule is C=C(/C=C(C(=N)c1cc2c(-c3ccc(F)s3)cccc2[nH]1)\C(N)=C/C)c1cncc(CC2CCNCC2)c1. The van der Waals surface area contributed by atoms with Gasteiger partial charge in [-0.1, -0.05) is 24.8 Å². The molecule has 1 aliphatic heterocycles. The van der Waals surface area contributed by atoms with Crippen LogP contribution in [0.5, 0.6) is 0 Å². The lowest BCUT2D eigenvalue weighted by Crippen LogP contribution is -2.28. The minimum Gasteiger partial charge on any atom is -0.398 e. The predicted octanol–water partition coefficient (Wildman–Crippen LogP) is 6.84. The fourth-order valence-electron chi connectivity index (χ4n) is 5.02. The molecule has 5 nitrogen and oxygen atoms in total. The Morgan fingerprint density at radius 3 is 2.76 bits per heavy atom. The summed E-state index contributed by atoms with van der Waals surface area (Å²) in [5.41, 5.74) is 13.0. The highest BCUT2D eigenvalue weighted by molar-refractivity contribution is 7.14. The van der Waals surface area contributed by atoms with Gasteiger partial charge in [-0.05, 0) is 98.3 Å². The van der Waals surface area contributed by atoms with Crippen molar-refractivity contribution in [3.8, 4) is 10.4 Å². The first-order valence-electron chi connectivity index (χ1n) is 12.9. The molecule has 1 saturated heterocycles. The number of H-pyrrole nitrogens is 1. The van der Waals surface area contributed by atoms with Gasteiger partial charge in [-0.15, -0.1) is 11.3 Å². The van der Waals surface area contributed by atoms with Crippen molar-refractivity contribution in [1.29, 1.82) is 5.41 Å². The summed E-state index contributed by atoms with van der Waals surface area (Å²) in [6, 6.07) is 13.2. The van der Waals surface area contributed by atoms with Crippen molar-refractivity contribution in [2.24, 2.45) is 11.7 Å². The number of nitrogens with two attached hydrogens (primary N) is 1. The van der Waals surface area contributed by atoms with E-state index < -0.39 is 0 Å². The smallest absolute Gasteiger partial charge is 0.176 e. The Kier molecular flexibility index (Phi) is 7.67. The average Bonchev–Trinajstić information content (AvgIpc) is 3.58. The van der Waals surface area contributed by atoms with Gasteiger partial charge in [-0.3, -0.25) is 10.4 Å². The molecule has 1 fully saturated rings. The average molecular weight is 526 g/mol. The second-order valence-electron chi connectivity index (χ2n) is 9.74. The molecule has 0 aliphatic carbocycles. The van der Waals surface area contributed by atoms with Gasteiger partial charge in [0.2, 0.25) is 0 Å². The molecule has 4 heterocycles. The van der Waals surface area contributed by atoms with Gasteiger partial charge in [-0.2, -0.15) is 4.39 Å². The number of benzene rings is 1. The number of hydrogen-bond donors (Lipinski definition) is 4. The van der Waals surface area contributed by atoms with Gasteiger partial charge in [0.1, 0.15) is 0 Å². The van der Waals surface area contributed by atoms with E-state index in [2.05, 4.69) is 27.9 Å². The van der Waals surface area contributed by atoms with Crippen LogP contribution in [0.25, 0.3) is 26.9 Å². The maximum atomic E-state index is 13.7. The Morgan fingerprint density at radius 1 is 1.21 bits per heavy atom. The van der Waals surface area contributed by atoms with Crippen LogP contribution in [-0.4, -0.2) is 28.8 Å². The third kappa shape index (κ3) is 5.54. The first-order chi connectivity index (χ1) is 18.4. The lowest BCUT2D eigenvalue weighted by Gasteiger charge is -2.22. The fraction of sp³-hybridized carbons (Fsp3) is 0.226. The van der Waals surface area contributed by atoms with Crippen molar-refractivity contribution in [2.75, 3.05) is 13.1 Å². The standard InChI is InChI=1S/C31H32FN5S/c1-3-26(33)25(13-19(2)22-15-21(17-36-18-22)14-20-9-11-35-12-10-20)31(34)28-16-24-23(5-4-6-27(24)37-28)29-7-8-30(32)38-29/h3-8,13,15-18,20,34-35,37H,2,9-12,14,33H2,1H3/b25-13+,26-3+,34-31?. The van der Waals surface area contributed by atoms with Crippen LogP contribution in [0.2, 0.25) is 0 Å². The molecule has 1 aromatic carbocycles. The summed E-state index contributed by atoms with van der Waals surface area (Å²) in [6.45, 7) is 8.29. The second-order valence-corrected chi connectivity index (χ2v) is 10.8. The van der Waals surface area contributed by atoms with Gasteiger partial charge in [-0.25, -0.2) is 0 Å². The van der Waals surface area contributed by atoms with Crippen LogP contribution in [0.1, 0.15) is 36.6 Å². The molecule has 0 unspecified atom stereocenters. The molecule has 38 heavy (non-hydrogen) atoms. The summed E-state index contributed by atoms with van der Waals surface area (Å²) in [7, 11) is 0. The Labute approximate surface area is 226 Å². The highest BCUT2D eigenvalue weighted by Gasteiger charge is 2.17. The molecule has 4 aromatic rings. The lowest BCUT2D eigenvalue weighted by molar-refractivity contribution is 0.372. The largest absolute Gasteiger partial charge is 0.398 e. The van der Waals surface area contributed by atoms with Crippen molar-refractivity contribution < 1.29 is 4.39 Å². The predicted molar refractivity (Wildman–Crippen MR) is 157 cm³/mol. The Bertz CT molecular complexity index is 1550. The van der Waals surface area contributed by atoms with E-state index >= 15 is 0 Å². The Balaban J connectivity index is 1.45. The van der Waals surface area contributed by atoms with E-state index in [4.69, 9.17) is 11.1 Å². The van der Waals surface area contributed by atoms with Crippen molar-refractivity contribution in [3.63, 3.8) is 0 Å². The summed E-state index contributed by atoms with van der Waals surface area (Å²) in [5.74, 6) is 0.664. The van der Waals surface area contributed by atoms with Crippen LogP contribution in [0.15, 0.2) is 84.9 Å².